The van der Waals surface area contributed by atoms with E-state index in [0.29, 0.717) is 0 Å². The zero-order valence-corrected chi connectivity index (χ0v) is 12.1. The third-order valence-electron chi connectivity index (χ3n) is 3.61. The number of hydrogen-bond donors (Lipinski definition) is 1. The zero-order valence-electron chi connectivity index (χ0n) is 11.3. The van der Waals surface area contributed by atoms with Crippen LogP contribution in [-0.2, 0) is 12.8 Å². The van der Waals surface area contributed by atoms with Crippen LogP contribution >= 0.6 is 11.3 Å². The van der Waals surface area contributed by atoms with Gasteiger partial charge in [-0.15, -0.1) is 11.3 Å². The Morgan fingerprint density at radius 2 is 2.26 bits per heavy atom. The molecule has 1 aromatic carbocycles. The molecule has 0 saturated heterocycles. The molecule has 1 aliphatic rings. The van der Waals surface area contributed by atoms with Crippen molar-refractivity contribution in [3.63, 3.8) is 0 Å². The van der Waals surface area contributed by atoms with Crippen LogP contribution in [0.1, 0.15) is 32.7 Å². The van der Waals surface area contributed by atoms with Crippen molar-refractivity contribution in [1.82, 2.24) is 4.98 Å². The second kappa shape index (κ2) is 4.94. The predicted octanol–water partition coefficient (Wildman–Crippen LogP) is 2.94. The molecule has 0 saturated carbocycles. The van der Waals surface area contributed by atoms with Crippen LogP contribution < -0.4 is 10.5 Å². The quantitative estimate of drug-likeness (QED) is 0.936. The van der Waals surface area contributed by atoms with E-state index in [4.69, 9.17) is 10.5 Å². The van der Waals surface area contributed by atoms with E-state index in [1.165, 1.54) is 16.0 Å². The summed E-state index contributed by atoms with van der Waals surface area (Å²) in [6.45, 7) is 4.95. The number of rotatable bonds is 3. The molecule has 4 heteroatoms. The van der Waals surface area contributed by atoms with Crippen LogP contribution in [0.25, 0.3) is 0 Å². The Kier molecular flexibility index (Phi) is 3.29. The maximum Gasteiger partial charge on any atom is 0.122 e. The lowest BCUT2D eigenvalue weighted by atomic mass is 10.0. The molecule has 0 radical (unpaired) electrons. The largest absolute Gasteiger partial charge is 0.493 e. The average Bonchev–Trinajstić information content (AvgIpc) is 2.96. The van der Waals surface area contributed by atoms with Crippen LogP contribution in [0, 0.1) is 13.8 Å². The van der Waals surface area contributed by atoms with Crippen LogP contribution in [0.15, 0.2) is 18.2 Å². The van der Waals surface area contributed by atoms with Crippen molar-refractivity contribution in [2.75, 3.05) is 6.61 Å². The summed E-state index contributed by atoms with van der Waals surface area (Å²) < 4.78 is 5.52. The lowest BCUT2D eigenvalue weighted by Crippen LogP contribution is -2.13. The molecular weight excluding hydrogens is 256 g/mol. The van der Waals surface area contributed by atoms with Crippen LogP contribution in [0.5, 0.6) is 5.75 Å². The fraction of sp³-hybridized carbons (Fsp3) is 0.400. The Morgan fingerprint density at radius 3 is 3.00 bits per heavy atom. The van der Waals surface area contributed by atoms with E-state index in [9.17, 15) is 0 Å². The monoisotopic (exact) mass is 274 g/mol. The summed E-state index contributed by atoms with van der Waals surface area (Å²) in [5.74, 6) is 1.01. The van der Waals surface area contributed by atoms with Gasteiger partial charge in [-0.25, -0.2) is 4.98 Å². The number of ether oxygens (including phenoxy) is 1. The SMILES string of the molecule is Cc1nc(CC(N)c2ccc3c(c2)CCO3)sc1C. The van der Waals surface area contributed by atoms with Gasteiger partial charge in [0.05, 0.1) is 17.3 Å². The molecule has 2 heterocycles. The van der Waals surface area contributed by atoms with Gasteiger partial charge in [0.25, 0.3) is 0 Å². The number of fused-ring (bicyclic) bond motifs is 1. The van der Waals surface area contributed by atoms with Crippen molar-refractivity contribution in [1.29, 1.82) is 0 Å². The number of thiazole rings is 1. The molecule has 1 aromatic heterocycles. The van der Waals surface area contributed by atoms with Gasteiger partial charge in [0.1, 0.15) is 5.75 Å². The minimum Gasteiger partial charge on any atom is -0.493 e. The number of aromatic nitrogens is 1. The molecule has 3 rings (SSSR count). The zero-order chi connectivity index (χ0) is 13.4. The summed E-state index contributed by atoms with van der Waals surface area (Å²) in [5, 5.41) is 1.12. The molecule has 0 amide bonds. The summed E-state index contributed by atoms with van der Waals surface area (Å²) in [6, 6.07) is 6.30. The van der Waals surface area contributed by atoms with E-state index >= 15 is 0 Å². The van der Waals surface area contributed by atoms with E-state index in [1.54, 1.807) is 11.3 Å². The molecule has 1 unspecified atom stereocenters. The third-order valence-corrected chi connectivity index (χ3v) is 4.70. The first-order valence-electron chi connectivity index (χ1n) is 6.57. The highest BCUT2D eigenvalue weighted by Gasteiger charge is 2.16. The van der Waals surface area contributed by atoms with Gasteiger partial charge >= 0.3 is 0 Å². The third kappa shape index (κ3) is 2.51. The Morgan fingerprint density at radius 1 is 1.42 bits per heavy atom. The predicted molar refractivity (Wildman–Crippen MR) is 77.9 cm³/mol. The van der Waals surface area contributed by atoms with Crippen molar-refractivity contribution in [3.05, 3.63) is 44.9 Å². The van der Waals surface area contributed by atoms with Gasteiger partial charge in [0.2, 0.25) is 0 Å². The number of benzene rings is 1. The number of nitrogens with two attached hydrogens (primary N) is 1. The fourth-order valence-electron chi connectivity index (χ4n) is 2.37. The molecule has 2 N–H and O–H groups in total. The highest BCUT2D eigenvalue weighted by atomic mass is 32.1. The maximum atomic E-state index is 6.31. The summed E-state index contributed by atoms with van der Waals surface area (Å²) in [5.41, 5.74) is 9.88. The van der Waals surface area contributed by atoms with Crippen LogP contribution in [0.4, 0.5) is 0 Å². The molecule has 3 nitrogen and oxygen atoms in total. The summed E-state index contributed by atoms with van der Waals surface area (Å²) in [6.07, 6.45) is 1.80. The molecule has 1 aliphatic heterocycles. The van der Waals surface area contributed by atoms with Crippen LogP contribution in [0.3, 0.4) is 0 Å². The summed E-state index contributed by atoms with van der Waals surface area (Å²) >= 11 is 1.75. The van der Waals surface area contributed by atoms with Gasteiger partial charge in [0, 0.05) is 23.8 Å². The smallest absolute Gasteiger partial charge is 0.122 e. The summed E-state index contributed by atoms with van der Waals surface area (Å²) in [4.78, 5) is 5.84. The van der Waals surface area contributed by atoms with Crippen molar-refractivity contribution in [2.45, 2.75) is 32.7 Å². The fourth-order valence-corrected chi connectivity index (χ4v) is 3.36. The second-order valence-corrected chi connectivity index (χ2v) is 6.31. The van der Waals surface area contributed by atoms with Crippen molar-refractivity contribution in [3.8, 4) is 5.75 Å². The highest BCUT2D eigenvalue weighted by molar-refractivity contribution is 7.11. The molecule has 19 heavy (non-hydrogen) atoms. The molecule has 2 aromatic rings. The van der Waals surface area contributed by atoms with Crippen LogP contribution in [-0.4, -0.2) is 11.6 Å². The number of nitrogens with zero attached hydrogens (tertiary/aromatic N) is 1. The Hall–Kier alpha value is -1.39. The molecule has 0 bridgehead atoms. The topological polar surface area (TPSA) is 48.1 Å². The van der Waals surface area contributed by atoms with Crippen molar-refractivity contribution < 1.29 is 4.74 Å². The van der Waals surface area contributed by atoms with E-state index in [1.807, 2.05) is 13.0 Å². The first-order valence-corrected chi connectivity index (χ1v) is 7.39. The highest BCUT2D eigenvalue weighted by Crippen LogP contribution is 2.29. The van der Waals surface area contributed by atoms with Gasteiger partial charge in [-0.2, -0.15) is 0 Å². The number of hydrogen-bond acceptors (Lipinski definition) is 4. The average molecular weight is 274 g/mol. The van der Waals surface area contributed by atoms with Crippen molar-refractivity contribution in [2.24, 2.45) is 5.73 Å². The molecule has 0 fully saturated rings. The minimum absolute atomic E-state index is 0.0100. The molecule has 1 atom stereocenters. The number of aryl methyl sites for hydroxylation is 2. The van der Waals surface area contributed by atoms with Gasteiger partial charge < -0.3 is 10.5 Å². The van der Waals surface area contributed by atoms with E-state index in [-0.39, 0.29) is 6.04 Å². The Labute approximate surface area is 117 Å². The van der Waals surface area contributed by atoms with Crippen LogP contribution in [0.2, 0.25) is 0 Å². The van der Waals surface area contributed by atoms with Gasteiger partial charge in [0.15, 0.2) is 0 Å². The summed E-state index contributed by atoms with van der Waals surface area (Å²) in [7, 11) is 0. The molecular formula is C15H18N2OS. The molecule has 0 aliphatic carbocycles. The standard InChI is InChI=1S/C15H18N2OS/c1-9-10(2)19-15(17-9)8-13(16)11-3-4-14-12(7-11)5-6-18-14/h3-4,7,13H,5-6,8,16H2,1-2H3. The van der Waals surface area contributed by atoms with E-state index in [2.05, 4.69) is 24.0 Å². The molecule has 0 spiro atoms. The minimum atomic E-state index is 0.0100. The van der Waals surface area contributed by atoms with E-state index in [0.717, 1.165) is 35.9 Å². The van der Waals surface area contributed by atoms with Gasteiger partial charge in [-0.3, -0.25) is 0 Å². The lowest BCUT2D eigenvalue weighted by Gasteiger charge is -2.11. The molecule has 100 valence electrons. The van der Waals surface area contributed by atoms with E-state index < -0.39 is 0 Å². The Bertz CT molecular complexity index is 587. The maximum absolute atomic E-state index is 6.31. The van der Waals surface area contributed by atoms with Crippen molar-refractivity contribution >= 4 is 11.3 Å². The first-order chi connectivity index (χ1) is 9.13. The second-order valence-electron chi connectivity index (χ2n) is 5.03. The van der Waals surface area contributed by atoms with Gasteiger partial charge in [-0.05, 0) is 31.0 Å². The first kappa shape index (κ1) is 12.6. The lowest BCUT2D eigenvalue weighted by molar-refractivity contribution is 0.357. The van der Waals surface area contributed by atoms with Gasteiger partial charge in [-0.1, -0.05) is 12.1 Å². The Balaban J connectivity index is 1.78. The normalized spacial score (nSPS) is 15.1.